The number of nitrogens with one attached hydrogen (secondary N) is 1. The number of ether oxygens (including phenoxy) is 2. The van der Waals surface area contributed by atoms with Crippen LogP contribution in [0.15, 0.2) is 24.3 Å². The first-order chi connectivity index (χ1) is 7.77. The summed E-state index contributed by atoms with van der Waals surface area (Å²) in [5.74, 6) is 0.716. The summed E-state index contributed by atoms with van der Waals surface area (Å²) in [6, 6.07) is 7.40. The summed E-state index contributed by atoms with van der Waals surface area (Å²) in [6.07, 6.45) is -0.600. The predicted octanol–water partition coefficient (Wildman–Crippen LogP) is 1.87. The highest BCUT2D eigenvalue weighted by molar-refractivity contribution is 5.65. The number of benzene rings is 1. The number of carbonyl (C=O) groups is 1. The van der Waals surface area contributed by atoms with Crippen molar-refractivity contribution in [3.63, 3.8) is 0 Å². The van der Waals surface area contributed by atoms with Crippen molar-refractivity contribution < 1.29 is 19.1 Å². The van der Waals surface area contributed by atoms with E-state index in [4.69, 9.17) is 9.57 Å². The maximum atomic E-state index is 10.9. The molecule has 0 aromatic heterocycles. The lowest BCUT2D eigenvalue weighted by molar-refractivity contribution is 0.0191. The molecule has 0 saturated heterocycles. The molecular weight excluding hydrogens is 210 g/mol. The van der Waals surface area contributed by atoms with Crippen molar-refractivity contribution in [2.24, 2.45) is 0 Å². The van der Waals surface area contributed by atoms with E-state index in [0.29, 0.717) is 12.4 Å². The van der Waals surface area contributed by atoms with Crippen molar-refractivity contribution >= 4 is 6.09 Å². The Hall–Kier alpha value is -1.75. The van der Waals surface area contributed by atoms with Crippen LogP contribution in [0.3, 0.4) is 0 Å². The molecule has 5 nitrogen and oxygen atoms in total. The van der Waals surface area contributed by atoms with Crippen LogP contribution < -0.4 is 10.2 Å². The van der Waals surface area contributed by atoms with Crippen LogP contribution in [0.4, 0.5) is 4.79 Å². The zero-order valence-corrected chi connectivity index (χ0v) is 9.36. The van der Waals surface area contributed by atoms with E-state index in [0.717, 1.165) is 5.56 Å². The molecule has 1 N–H and O–H groups in total. The molecule has 0 heterocycles. The van der Waals surface area contributed by atoms with Gasteiger partial charge in [-0.1, -0.05) is 18.2 Å². The third-order valence-electron chi connectivity index (χ3n) is 1.85. The molecule has 0 aliphatic rings. The van der Waals surface area contributed by atoms with Crippen LogP contribution in [0.1, 0.15) is 12.5 Å². The summed E-state index contributed by atoms with van der Waals surface area (Å²) in [6.45, 7) is 2.26. The summed E-state index contributed by atoms with van der Waals surface area (Å²) in [5, 5.41) is 0. The van der Waals surface area contributed by atoms with Crippen LogP contribution >= 0.6 is 0 Å². The monoisotopic (exact) mass is 225 g/mol. The molecule has 0 atom stereocenters. The molecule has 0 spiro atoms. The quantitative estimate of drug-likeness (QED) is 0.777. The van der Waals surface area contributed by atoms with E-state index in [-0.39, 0.29) is 6.61 Å². The van der Waals surface area contributed by atoms with Crippen LogP contribution in [0, 0.1) is 0 Å². The smallest absolute Gasteiger partial charge is 0.431 e. The highest BCUT2D eigenvalue weighted by atomic mass is 16.7. The van der Waals surface area contributed by atoms with E-state index in [9.17, 15) is 4.79 Å². The summed E-state index contributed by atoms with van der Waals surface area (Å²) >= 11 is 0. The molecule has 1 amide bonds. The van der Waals surface area contributed by atoms with E-state index in [1.54, 1.807) is 14.0 Å². The number of hydrogen-bond donors (Lipinski definition) is 1. The summed E-state index contributed by atoms with van der Waals surface area (Å²) in [4.78, 5) is 15.9. The zero-order chi connectivity index (χ0) is 11.8. The number of methoxy groups -OCH3 is 1. The molecule has 88 valence electrons. The lowest BCUT2D eigenvalue weighted by atomic mass is 10.2. The summed E-state index contributed by atoms with van der Waals surface area (Å²) in [5.41, 5.74) is 3.02. The van der Waals surface area contributed by atoms with Crippen LogP contribution in [-0.4, -0.2) is 19.8 Å². The standard InChI is InChI=1S/C11H15NO4/c1-3-15-11(13)12-16-8-9-6-4-5-7-10(9)14-2/h4-7H,3,8H2,1-2H3,(H,12,13). The maximum absolute atomic E-state index is 10.9. The Morgan fingerprint density at radius 1 is 1.38 bits per heavy atom. The Balaban J connectivity index is 2.39. The van der Waals surface area contributed by atoms with Crippen LogP contribution in [-0.2, 0) is 16.2 Å². The Labute approximate surface area is 94.3 Å². The second-order valence-electron chi connectivity index (χ2n) is 2.92. The number of hydrogen-bond acceptors (Lipinski definition) is 4. The van der Waals surface area contributed by atoms with Gasteiger partial charge in [0.2, 0.25) is 0 Å². The van der Waals surface area contributed by atoms with Crippen LogP contribution in [0.5, 0.6) is 5.75 Å². The minimum Gasteiger partial charge on any atom is -0.496 e. The normalized spacial score (nSPS) is 9.62. The minimum atomic E-state index is -0.600. The largest absolute Gasteiger partial charge is 0.496 e. The maximum Gasteiger partial charge on any atom is 0.431 e. The van der Waals surface area contributed by atoms with Gasteiger partial charge in [0.1, 0.15) is 12.4 Å². The Morgan fingerprint density at radius 3 is 2.81 bits per heavy atom. The number of rotatable bonds is 5. The molecule has 16 heavy (non-hydrogen) atoms. The average molecular weight is 225 g/mol. The molecule has 0 aliphatic carbocycles. The van der Waals surface area contributed by atoms with E-state index < -0.39 is 6.09 Å². The van der Waals surface area contributed by atoms with Gasteiger partial charge in [0.15, 0.2) is 0 Å². The van der Waals surface area contributed by atoms with Crippen molar-refractivity contribution in [3.8, 4) is 5.75 Å². The van der Waals surface area contributed by atoms with E-state index >= 15 is 0 Å². The minimum absolute atomic E-state index is 0.225. The predicted molar refractivity (Wildman–Crippen MR) is 57.9 cm³/mol. The molecule has 5 heteroatoms. The molecule has 0 fully saturated rings. The second-order valence-corrected chi connectivity index (χ2v) is 2.92. The second kappa shape index (κ2) is 6.68. The molecule has 1 aromatic carbocycles. The fourth-order valence-electron chi connectivity index (χ4n) is 1.16. The van der Waals surface area contributed by atoms with E-state index in [1.165, 1.54) is 0 Å². The number of para-hydroxylation sites is 1. The number of amides is 1. The summed E-state index contributed by atoms with van der Waals surface area (Å²) in [7, 11) is 1.58. The van der Waals surface area contributed by atoms with Gasteiger partial charge in [-0.3, -0.25) is 4.84 Å². The molecular formula is C11H15NO4. The molecule has 1 rings (SSSR count). The Kier molecular flexibility index (Phi) is 5.15. The topological polar surface area (TPSA) is 56.8 Å². The molecule has 0 unspecified atom stereocenters. The van der Waals surface area contributed by atoms with Crippen molar-refractivity contribution in [3.05, 3.63) is 29.8 Å². The van der Waals surface area contributed by atoms with Gasteiger partial charge in [-0.05, 0) is 13.0 Å². The molecule has 0 saturated carbocycles. The third kappa shape index (κ3) is 3.78. The SMILES string of the molecule is CCOC(=O)NOCc1ccccc1OC. The van der Waals surface area contributed by atoms with E-state index in [2.05, 4.69) is 10.2 Å². The van der Waals surface area contributed by atoms with E-state index in [1.807, 2.05) is 24.3 Å². The van der Waals surface area contributed by atoms with Crippen molar-refractivity contribution in [2.45, 2.75) is 13.5 Å². The first kappa shape index (κ1) is 12.3. The van der Waals surface area contributed by atoms with Gasteiger partial charge in [-0.15, -0.1) is 0 Å². The highest BCUT2D eigenvalue weighted by Crippen LogP contribution is 2.17. The van der Waals surface area contributed by atoms with Crippen molar-refractivity contribution in [1.82, 2.24) is 5.48 Å². The fraction of sp³-hybridized carbons (Fsp3) is 0.364. The summed E-state index contributed by atoms with van der Waals surface area (Å²) < 4.78 is 9.76. The lowest BCUT2D eigenvalue weighted by Gasteiger charge is -2.09. The Bertz CT molecular complexity index is 341. The highest BCUT2D eigenvalue weighted by Gasteiger charge is 2.03. The number of carbonyl (C=O) groups excluding carboxylic acids is 1. The van der Waals surface area contributed by atoms with Gasteiger partial charge in [0.25, 0.3) is 0 Å². The van der Waals surface area contributed by atoms with Gasteiger partial charge in [-0.25, -0.2) is 4.79 Å². The first-order valence-electron chi connectivity index (χ1n) is 4.94. The molecule has 1 aromatic rings. The molecule has 0 radical (unpaired) electrons. The Morgan fingerprint density at radius 2 is 2.12 bits per heavy atom. The van der Waals surface area contributed by atoms with Gasteiger partial charge >= 0.3 is 6.09 Å². The van der Waals surface area contributed by atoms with Crippen LogP contribution in [0.25, 0.3) is 0 Å². The van der Waals surface area contributed by atoms with Crippen molar-refractivity contribution in [1.29, 1.82) is 0 Å². The van der Waals surface area contributed by atoms with Gasteiger partial charge in [-0.2, -0.15) is 5.48 Å². The van der Waals surface area contributed by atoms with Crippen LogP contribution in [0.2, 0.25) is 0 Å². The first-order valence-corrected chi connectivity index (χ1v) is 4.94. The van der Waals surface area contributed by atoms with Gasteiger partial charge < -0.3 is 9.47 Å². The molecule has 0 bridgehead atoms. The van der Waals surface area contributed by atoms with Crippen molar-refractivity contribution in [2.75, 3.05) is 13.7 Å². The van der Waals surface area contributed by atoms with Gasteiger partial charge in [0.05, 0.1) is 13.7 Å². The molecule has 0 aliphatic heterocycles. The zero-order valence-electron chi connectivity index (χ0n) is 9.36. The fourth-order valence-corrected chi connectivity index (χ4v) is 1.16. The average Bonchev–Trinajstić information content (AvgIpc) is 2.30. The third-order valence-corrected chi connectivity index (χ3v) is 1.85. The van der Waals surface area contributed by atoms with Gasteiger partial charge in [0, 0.05) is 5.56 Å². The number of hydroxylamine groups is 1. The lowest BCUT2D eigenvalue weighted by Crippen LogP contribution is -2.24.